The standard InChI is InChI=1S/C15H19BrF3NO/c16-12-5-6-13(15(17,18)19)14(7-12)21-9-11-4-2-1-3-10(11)8-20/h5-7,10-11H,1-4,8-9,20H2. The molecule has 2 atom stereocenters. The summed E-state index contributed by atoms with van der Waals surface area (Å²) in [5.41, 5.74) is 5.01. The quantitative estimate of drug-likeness (QED) is 0.845. The van der Waals surface area contributed by atoms with Gasteiger partial charge in [-0.15, -0.1) is 0 Å². The van der Waals surface area contributed by atoms with Gasteiger partial charge in [-0.25, -0.2) is 0 Å². The van der Waals surface area contributed by atoms with Crippen LogP contribution in [0.4, 0.5) is 13.2 Å². The van der Waals surface area contributed by atoms with E-state index in [9.17, 15) is 13.2 Å². The molecule has 0 radical (unpaired) electrons. The first-order valence-corrected chi connectivity index (χ1v) is 7.90. The fourth-order valence-corrected chi connectivity index (χ4v) is 3.20. The molecule has 1 aromatic rings. The van der Waals surface area contributed by atoms with Gasteiger partial charge in [0.2, 0.25) is 0 Å². The number of rotatable bonds is 4. The number of benzene rings is 1. The zero-order valence-electron chi connectivity index (χ0n) is 11.6. The lowest BCUT2D eigenvalue weighted by atomic mass is 9.80. The van der Waals surface area contributed by atoms with Crippen LogP contribution in [0.5, 0.6) is 5.75 Å². The number of halogens is 4. The van der Waals surface area contributed by atoms with Crippen LogP contribution in [0.25, 0.3) is 0 Å². The minimum absolute atomic E-state index is 0.113. The van der Waals surface area contributed by atoms with Gasteiger partial charge in [0, 0.05) is 4.47 Å². The summed E-state index contributed by atoms with van der Waals surface area (Å²) >= 11 is 3.19. The Labute approximate surface area is 131 Å². The molecule has 0 heterocycles. The zero-order chi connectivity index (χ0) is 15.5. The minimum atomic E-state index is -4.41. The average molecular weight is 366 g/mol. The first-order chi connectivity index (χ1) is 9.91. The molecule has 0 bridgehead atoms. The van der Waals surface area contributed by atoms with E-state index >= 15 is 0 Å². The molecule has 2 nitrogen and oxygen atoms in total. The van der Waals surface area contributed by atoms with Crippen LogP contribution in [0.1, 0.15) is 31.2 Å². The van der Waals surface area contributed by atoms with E-state index in [1.54, 1.807) is 0 Å². The molecule has 0 amide bonds. The highest BCUT2D eigenvalue weighted by atomic mass is 79.9. The van der Waals surface area contributed by atoms with Gasteiger partial charge >= 0.3 is 6.18 Å². The molecule has 0 saturated heterocycles. The summed E-state index contributed by atoms with van der Waals surface area (Å²) in [5, 5.41) is 0. The predicted octanol–water partition coefficient (Wildman–Crippen LogP) is 4.61. The summed E-state index contributed by atoms with van der Waals surface area (Å²) in [6, 6.07) is 3.79. The van der Waals surface area contributed by atoms with Crippen molar-refractivity contribution in [3.05, 3.63) is 28.2 Å². The Kier molecular flexibility index (Phi) is 5.54. The third-order valence-corrected chi connectivity index (χ3v) is 4.56. The molecule has 1 aliphatic carbocycles. The lowest BCUT2D eigenvalue weighted by Gasteiger charge is -2.30. The molecular weight excluding hydrogens is 347 g/mol. The van der Waals surface area contributed by atoms with Gasteiger partial charge in [0.25, 0.3) is 0 Å². The predicted molar refractivity (Wildman–Crippen MR) is 79.1 cm³/mol. The van der Waals surface area contributed by atoms with Crippen LogP contribution in [-0.4, -0.2) is 13.2 Å². The second kappa shape index (κ2) is 7.01. The van der Waals surface area contributed by atoms with Gasteiger partial charge in [-0.1, -0.05) is 28.8 Å². The van der Waals surface area contributed by atoms with Crippen molar-refractivity contribution in [1.29, 1.82) is 0 Å². The molecule has 0 aromatic heterocycles. The van der Waals surface area contributed by atoms with Crippen LogP contribution in [0.3, 0.4) is 0 Å². The highest BCUT2D eigenvalue weighted by molar-refractivity contribution is 9.10. The SMILES string of the molecule is NCC1CCCCC1COc1cc(Br)ccc1C(F)(F)F. The molecule has 118 valence electrons. The van der Waals surface area contributed by atoms with Gasteiger partial charge in [0.1, 0.15) is 5.75 Å². The summed E-state index contributed by atoms with van der Waals surface area (Å²) < 4.78 is 45.0. The average Bonchev–Trinajstić information content (AvgIpc) is 2.44. The smallest absolute Gasteiger partial charge is 0.419 e. The van der Waals surface area contributed by atoms with Crippen LogP contribution < -0.4 is 10.5 Å². The van der Waals surface area contributed by atoms with E-state index in [2.05, 4.69) is 15.9 Å². The van der Waals surface area contributed by atoms with E-state index in [0.29, 0.717) is 23.5 Å². The maximum atomic E-state index is 13.0. The third kappa shape index (κ3) is 4.36. The first kappa shape index (κ1) is 16.6. The lowest BCUT2D eigenvalue weighted by molar-refractivity contribution is -0.139. The zero-order valence-corrected chi connectivity index (χ0v) is 13.2. The molecule has 2 N–H and O–H groups in total. The molecule has 21 heavy (non-hydrogen) atoms. The lowest BCUT2D eigenvalue weighted by Crippen LogP contribution is -2.31. The molecular formula is C15H19BrF3NO. The van der Waals surface area contributed by atoms with Crippen molar-refractivity contribution in [2.75, 3.05) is 13.2 Å². The molecule has 1 fully saturated rings. The Morgan fingerprint density at radius 1 is 1.19 bits per heavy atom. The van der Waals surface area contributed by atoms with Gasteiger partial charge in [0.05, 0.1) is 12.2 Å². The maximum Gasteiger partial charge on any atom is 0.419 e. The largest absolute Gasteiger partial charge is 0.493 e. The monoisotopic (exact) mass is 365 g/mol. The van der Waals surface area contributed by atoms with Crippen molar-refractivity contribution in [3.63, 3.8) is 0 Å². The third-order valence-electron chi connectivity index (χ3n) is 4.07. The fraction of sp³-hybridized carbons (Fsp3) is 0.600. The van der Waals surface area contributed by atoms with Crippen molar-refractivity contribution in [2.45, 2.75) is 31.9 Å². The van der Waals surface area contributed by atoms with Crippen molar-refractivity contribution in [2.24, 2.45) is 17.6 Å². The van der Waals surface area contributed by atoms with E-state index in [1.165, 1.54) is 12.1 Å². The topological polar surface area (TPSA) is 35.2 Å². The second-order valence-corrected chi connectivity index (χ2v) is 6.41. The Morgan fingerprint density at radius 2 is 1.86 bits per heavy atom. The summed E-state index contributed by atoms with van der Waals surface area (Å²) in [6.07, 6.45) is -0.166. The number of hydrogen-bond acceptors (Lipinski definition) is 2. The number of hydrogen-bond donors (Lipinski definition) is 1. The second-order valence-electron chi connectivity index (χ2n) is 5.49. The summed E-state index contributed by atoms with van der Waals surface area (Å²) in [6.45, 7) is 0.861. The van der Waals surface area contributed by atoms with E-state index in [0.717, 1.165) is 31.7 Å². The molecule has 1 saturated carbocycles. The van der Waals surface area contributed by atoms with Crippen molar-refractivity contribution >= 4 is 15.9 Å². The van der Waals surface area contributed by atoms with E-state index in [1.807, 2.05) is 0 Å². The fourth-order valence-electron chi connectivity index (χ4n) is 2.86. The summed E-state index contributed by atoms with van der Waals surface area (Å²) in [7, 11) is 0. The molecule has 2 rings (SSSR count). The van der Waals surface area contributed by atoms with Gasteiger partial charge in [-0.3, -0.25) is 0 Å². The first-order valence-electron chi connectivity index (χ1n) is 7.11. The van der Waals surface area contributed by atoms with E-state index < -0.39 is 11.7 Å². The number of alkyl halides is 3. The Balaban J connectivity index is 2.10. The van der Waals surface area contributed by atoms with E-state index in [-0.39, 0.29) is 11.7 Å². The van der Waals surface area contributed by atoms with Crippen molar-refractivity contribution < 1.29 is 17.9 Å². The van der Waals surface area contributed by atoms with Gasteiger partial charge < -0.3 is 10.5 Å². The Hall–Kier alpha value is -0.750. The Morgan fingerprint density at radius 3 is 2.48 bits per heavy atom. The molecule has 6 heteroatoms. The normalized spacial score (nSPS) is 23.1. The van der Waals surface area contributed by atoms with Crippen LogP contribution in [0, 0.1) is 11.8 Å². The van der Waals surface area contributed by atoms with Crippen LogP contribution in [-0.2, 0) is 6.18 Å². The summed E-state index contributed by atoms with van der Waals surface area (Å²) in [4.78, 5) is 0. The Bertz CT molecular complexity index is 478. The van der Waals surface area contributed by atoms with Crippen LogP contribution in [0.2, 0.25) is 0 Å². The molecule has 0 spiro atoms. The van der Waals surface area contributed by atoms with Crippen LogP contribution >= 0.6 is 15.9 Å². The number of ether oxygens (including phenoxy) is 1. The summed E-state index contributed by atoms with van der Waals surface area (Å²) in [5.74, 6) is 0.474. The molecule has 0 aliphatic heterocycles. The number of nitrogens with two attached hydrogens (primary N) is 1. The van der Waals surface area contributed by atoms with Crippen molar-refractivity contribution in [1.82, 2.24) is 0 Å². The van der Waals surface area contributed by atoms with Gasteiger partial charge in [-0.05, 0) is 49.4 Å². The van der Waals surface area contributed by atoms with Crippen molar-refractivity contribution in [3.8, 4) is 5.75 Å². The van der Waals surface area contributed by atoms with Gasteiger partial charge in [-0.2, -0.15) is 13.2 Å². The molecule has 1 aliphatic rings. The molecule has 2 unspecified atom stereocenters. The maximum absolute atomic E-state index is 13.0. The highest BCUT2D eigenvalue weighted by Gasteiger charge is 2.35. The van der Waals surface area contributed by atoms with Crippen LogP contribution in [0.15, 0.2) is 22.7 Å². The molecule has 1 aromatic carbocycles. The highest BCUT2D eigenvalue weighted by Crippen LogP contribution is 2.38. The van der Waals surface area contributed by atoms with Gasteiger partial charge in [0.15, 0.2) is 0 Å². The van der Waals surface area contributed by atoms with E-state index in [4.69, 9.17) is 10.5 Å². The minimum Gasteiger partial charge on any atom is -0.493 e.